The Hall–Kier alpha value is -2.10. The van der Waals surface area contributed by atoms with Crippen molar-refractivity contribution in [2.45, 2.75) is 0 Å². The van der Waals surface area contributed by atoms with Crippen molar-refractivity contribution >= 4 is 21.9 Å². The molecule has 4 nitrogen and oxygen atoms in total. The highest BCUT2D eigenvalue weighted by molar-refractivity contribution is 6.02. The van der Waals surface area contributed by atoms with Crippen LogP contribution in [0.3, 0.4) is 0 Å². The first-order valence-electron chi connectivity index (χ1n) is 4.20. The van der Waals surface area contributed by atoms with Crippen LogP contribution < -0.4 is 5.56 Å². The zero-order chi connectivity index (χ0) is 9.54. The standard InChI is InChI=1S/C10H6N2O2/c13-9-5-6-1-2-8-7(3-4-11-8)10(6)14-12-9/h1-5H,(H,12,13). The van der Waals surface area contributed by atoms with Crippen molar-refractivity contribution in [2.24, 2.45) is 0 Å². The van der Waals surface area contributed by atoms with Gasteiger partial charge in [0.2, 0.25) is 0 Å². The van der Waals surface area contributed by atoms with Crippen molar-refractivity contribution < 1.29 is 4.52 Å². The molecule has 4 heteroatoms. The molecule has 1 N–H and O–H groups in total. The summed E-state index contributed by atoms with van der Waals surface area (Å²) in [7, 11) is 0. The minimum atomic E-state index is -0.239. The van der Waals surface area contributed by atoms with Crippen LogP contribution in [0.2, 0.25) is 0 Å². The van der Waals surface area contributed by atoms with Crippen molar-refractivity contribution in [3.05, 3.63) is 40.8 Å². The molecule has 3 rings (SSSR count). The maximum atomic E-state index is 11.0. The van der Waals surface area contributed by atoms with Crippen molar-refractivity contribution in [3.63, 3.8) is 0 Å². The Morgan fingerprint density at radius 1 is 1.29 bits per heavy atom. The van der Waals surface area contributed by atoms with Gasteiger partial charge in [-0.05, 0) is 18.2 Å². The summed E-state index contributed by atoms with van der Waals surface area (Å²) in [4.78, 5) is 15.1. The average molecular weight is 186 g/mol. The van der Waals surface area contributed by atoms with E-state index in [1.54, 1.807) is 6.20 Å². The number of aromatic amines is 1. The normalized spacial score (nSPS) is 11.1. The van der Waals surface area contributed by atoms with Gasteiger partial charge in [0, 0.05) is 23.0 Å². The van der Waals surface area contributed by atoms with Gasteiger partial charge in [0.15, 0.2) is 5.58 Å². The molecule has 2 aromatic heterocycles. The fourth-order valence-corrected chi connectivity index (χ4v) is 1.57. The molecule has 0 aliphatic heterocycles. The van der Waals surface area contributed by atoms with E-state index in [1.807, 2.05) is 18.2 Å². The SMILES string of the molecule is O=c1cc2ccc3nccc3c2o[nH]1. The van der Waals surface area contributed by atoms with Crippen molar-refractivity contribution in [3.8, 4) is 0 Å². The summed E-state index contributed by atoms with van der Waals surface area (Å²) in [6, 6.07) is 7.06. The zero-order valence-corrected chi connectivity index (χ0v) is 7.15. The monoisotopic (exact) mass is 186 g/mol. The molecule has 0 atom stereocenters. The molecular formula is C10H6N2O2. The predicted molar refractivity (Wildman–Crippen MR) is 52.1 cm³/mol. The fourth-order valence-electron chi connectivity index (χ4n) is 1.57. The molecule has 0 aliphatic rings. The highest BCUT2D eigenvalue weighted by atomic mass is 16.5. The Morgan fingerprint density at radius 3 is 3.14 bits per heavy atom. The molecule has 1 aromatic carbocycles. The lowest BCUT2D eigenvalue weighted by atomic mass is 10.2. The lowest BCUT2D eigenvalue weighted by Crippen LogP contribution is -2.01. The third-order valence-electron chi connectivity index (χ3n) is 2.20. The molecule has 68 valence electrons. The number of rotatable bonds is 0. The number of H-pyrrole nitrogens is 1. The van der Waals surface area contributed by atoms with Gasteiger partial charge >= 0.3 is 0 Å². The maximum absolute atomic E-state index is 11.0. The number of hydrogen-bond donors (Lipinski definition) is 1. The number of benzene rings is 1. The Morgan fingerprint density at radius 2 is 2.21 bits per heavy atom. The molecular weight excluding hydrogens is 180 g/mol. The van der Waals surface area contributed by atoms with E-state index in [4.69, 9.17) is 4.52 Å². The van der Waals surface area contributed by atoms with Crippen LogP contribution in [-0.4, -0.2) is 10.1 Å². The van der Waals surface area contributed by atoms with Crippen LogP contribution in [0.5, 0.6) is 0 Å². The Bertz CT molecular complexity index is 666. The van der Waals surface area contributed by atoms with E-state index >= 15 is 0 Å². The molecule has 3 aromatic rings. The van der Waals surface area contributed by atoms with Gasteiger partial charge in [0.1, 0.15) is 0 Å². The largest absolute Gasteiger partial charge is 0.378 e. The lowest BCUT2D eigenvalue weighted by molar-refractivity contribution is 0.434. The molecule has 0 radical (unpaired) electrons. The summed E-state index contributed by atoms with van der Waals surface area (Å²) in [6.07, 6.45) is 1.71. The predicted octanol–water partition coefficient (Wildman–Crippen LogP) is 1.67. The summed E-state index contributed by atoms with van der Waals surface area (Å²) in [5.74, 6) is 0. The highest BCUT2D eigenvalue weighted by Crippen LogP contribution is 2.22. The summed E-state index contributed by atoms with van der Waals surface area (Å²) >= 11 is 0. The van der Waals surface area contributed by atoms with E-state index in [2.05, 4.69) is 10.1 Å². The highest BCUT2D eigenvalue weighted by Gasteiger charge is 2.04. The number of fused-ring (bicyclic) bond motifs is 3. The smallest absolute Gasteiger partial charge is 0.277 e. The number of nitrogens with one attached hydrogen (secondary N) is 1. The van der Waals surface area contributed by atoms with Crippen LogP contribution in [0.4, 0.5) is 0 Å². The van der Waals surface area contributed by atoms with Crippen LogP contribution in [-0.2, 0) is 0 Å². The van der Waals surface area contributed by atoms with Crippen molar-refractivity contribution in [1.82, 2.24) is 10.1 Å². The van der Waals surface area contributed by atoms with Crippen molar-refractivity contribution in [1.29, 1.82) is 0 Å². The molecule has 0 aliphatic carbocycles. The van der Waals surface area contributed by atoms with Gasteiger partial charge in [-0.25, -0.2) is 0 Å². The first kappa shape index (κ1) is 7.32. The summed E-state index contributed by atoms with van der Waals surface area (Å²) in [6.45, 7) is 0. The first-order valence-corrected chi connectivity index (χ1v) is 4.20. The van der Waals surface area contributed by atoms with Crippen LogP contribution >= 0.6 is 0 Å². The van der Waals surface area contributed by atoms with Crippen LogP contribution in [0.25, 0.3) is 21.9 Å². The van der Waals surface area contributed by atoms with Gasteiger partial charge in [-0.2, -0.15) is 5.16 Å². The third-order valence-corrected chi connectivity index (χ3v) is 2.20. The van der Waals surface area contributed by atoms with E-state index in [0.29, 0.717) is 5.58 Å². The second kappa shape index (κ2) is 2.45. The molecule has 0 spiro atoms. The number of hydrogen-bond acceptors (Lipinski definition) is 3. The number of aromatic nitrogens is 2. The first-order chi connectivity index (χ1) is 6.84. The van der Waals surface area contributed by atoms with E-state index in [0.717, 1.165) is 16.3 Å². The van der Waals surface area contributed by atoms with Gasteiger partial charge < -0.3 is 4.52 Å². The van der Waals surface area contributed by atoms with Gasteiger partial charge in [-0.1, -0.05) is 0 Å². The number of nitrogens with zero attached hydrogens (tertiary/aromatic N) is 1. The Labute approximate surface area is 78.1 Å². The van der Waals surface area contributed by atoms with E-state index in [9.17, 15) is 4.79 Å². The fraction of sp³-hybridized carbons (Fsp3) is 0. The molecule has 0 unspecified atom stereocenters. The molecule has 0 saturated carbocycles. The average Bonchev–Trinajstić information content (AvgIpc) is 2.65. The van der Waals surface area contributed by atoms with Crippen molar-refractivity contribution in [2.75, 3.05) is 0 Å². The zero-order valence-electron chi connectivity index (χ0n) is 7.15. The molecule has 14 heavy (non-hydrogen) atoms. The van der Waals surface area contributed by atoms with Gasteiger partial charge in [-0.3, -0.25) is 9.78 Å². The van der Waals surface area contributed by atoms with E-state index in [-0.39, 0.29) is 5.56 Å². The van der Waals surface area contributed by atoms with Crippen LogP contribution in [0.15, 0.2) is 39.8 Å². The molecule has 0 amide bonds. The lowest BCUT2D eigenvalue weighted by Gasteiger charge is -1.95. The Kier molecular flexibility index (Phi) is 1.28. The van der Waals surface area contributed by atoms with Gasteiger partial charge in [0.05, 0.1) is 5.52 Å². The Balaban J connectivity index is 2.63. The summed E-state index contributed by atoms with van der Waals surface area (Å²) in [5.41, 5.74) is 1.30. The summed E-state index contributed by atoms with van der Waals surface area (Å²) in [5, 5.41) is 4.00. The van der Waals surface area contributed by atoms with Gasteiger partial charge in [-0.15, -0.1) is 0 Å². The summed E-state index contributed by atoms with van der Waals surface area (Å²) < 4.78 is 5.14. The minimum absolute atomic E-state index is 0.239. The second-order valence-electron chi connectivity index (χ2n) is 3.07. The second-order valence-corrected chi connectivity index (χ2v) is 3.07. The molecule has 2 heterocycles. The van der Waals surface area contributed by atoms with Gasteiger partial charge in [0.25, 0.3) is 5.56 Å². The molecule has 0 bridgehead atoms. The van der Waals surface area contributed by atoms with Crippen LogP contribution in [0, 0.1) is 0 Å². The van der Waals surface area contributed by atoms with E-state index < -0.39 is 0 Å². The molecule has 0 saturated heterocycles. The topological polar surface area (TPSA) is 58.9 Å². The minimum Gasteiger partial charge on any atom is -0.378 e. The molecule has 0 fully saturated rings. The van der Waals surface area contributed by atoms with Crippen LogP contribution in [0.1, 0.15) is 0 Å². The quantitative estimate of drug-likeness (QED) is 0.581. The third kappa shape index (κ3) is 0.877. The maximum Gasteiger partial charge on any atom is 0.277 e. The van der Waals surface area contributed by atoms with E-state index in [1.165, 1.54) is 6.07 Å².